The van der Waals surface area contributed by atoms with Crippen molar-refractivity contribution >= 4 is 29.7 Å². The van der Waals surface area contributed by atoms with Crippen LogP contribution in [0.5, 0.6) is 0 Å². The molecule has 0 aromatic heterocycles. The van der Waals surface area contributed by atoms with Gasteiger partial charge in [0.2, 0.25) is 17.7 Å². The Morgan fingerprint density at radius 3 is 2.34 bits per heavy atom. The number of nitrogens with two attached hydrogens (primary N) is 1. The van der Waals surface area contributed by atoms with E-state index in [1.807, 2.05) is 6.92 Å². The first kappa shape index (κ1) is 27.8. The average Bonchev–Trinajstić information content (AvgIpc) is 3.31. The molecule has 5 atom stereocenters. The monoisotopic (exact) mass is 490 g/mol. The van der Waals surface area contributed by atoms with Crippen LogP contribution in [0.4, 0.5) is 0 Å². The third-order valence-corrected chi connectivity index (χ3v) is 6.24. The number of amides is 3. The molecule has 0 radical (unpaired) electrons. The molecule has 0 unspecified atom stereocenters. The van der Waals surface area contributed by atoms with E-state index in [2.05, 4.69) is 10.6 Å². The first-order valence-corrected chi connectivity index (χ1v) is 11.7. The minimum atomic E-state index is -1.32. The second-order valence-electron chi connectivity index (χ2n) is 8.85. The van der Waals surface area contributed by atoms with Crippen molar-refractivity contribution in [3.05, 3.63) is 35.9 Å². The molecule has 2 rings (SSSR count). The summed E-state index contributed by atoms with van der Waals surface area (Å²) in [6, 6.07) is 4.53. The topological polar surface area (TPSA) is 179 Å². The van der Waals surface area contributed by atoms with Crippen LogP contribution >= 0.6 is 0 Å². The van der Waals surface area contributed by atoms with Crippen LogP contribution in [0.15, 0.2) is 30.3 Å². The Bertz CT molecular complexity index is 924. The van der Waals surface area contributed by atoms with Crippen molar-refractivity contribution in [3.8, 4) is 0 Å². The van der Waals surface area contributed by atoms with Crippen LogP contribution in [0.1, 0.15) is 45.1 Å². The lowest BCUT2D eigenvalue weighted by atomic mass is 9.96. The van der Waals surface area contributed by atoms with Crippen LogP contribution in [0.2, 0.25) is 0 Å². The molecule has 11 heteroatoms. The maximum absolute atomic E-state index is 13.4. The van der Waals surface area contributed by atoms with E-state index in [0.29, 0.717) is 19.3 Å². The highest BCUT2D eigenvalue weighted by molar-refractivity contribution is 5.95. The lowest BCUT2D eigenvalue weighted by molar-refractivity contribution is -0.145. The number of nitrogens with one attached hydrogen (secondary N) is 2. The molecule has 1 fully saturated rings. The maximum Gasteiger partial charge on any atom is 0.326 e. The van der Waals surface area contributed by atoms with E-state index in [9.17, 15) is 29.1 Å². The molecule has 11 nitrogen and oxygen atoms in total. The Morgan fingerprint density at radius 1 is 1.11 bits per heavy atom. The fourth-order valence-electron chi connectivity index (χ4n) is 4.02. The zero-order chi connectivity index (χ0) is 26.1. The summed E-state index contributed by atoms with van der Waals surface area (Å²) in [6.45, 7) is 3.87. The molecule has 1 aliphatic rings. The third kappa shape index (κ3) is 7.78. The van der Waals surface area contributed by atoms with Crippen molar-refractivity contribution in [1.29, 1.82) is 0 Å². The van der Waals surface area contributed by atoms with E-state index in [4.69, 9.17) is 10.8 Å². The van der Waals surface area contributed by atoms with Gasteiger partial charge < -0.3 is 31.5 Å². The van der Waals surface area contributed by atoms with Crippen LogP contribution in [0.25, 0.3) is 0 Å². The summed E-state index contributed by atoms with van der Waals surface area (Å²) in [7, 11) is 0. The van der Waals surface area contributed by atoms with Gasteiger partial charge in [-0.2, -0.15) is 0 Å². The lowest BCUT2D eigenvalue weighted by Crippen LogP contribution is -2.58. The van der Waals surface area contributed by atoms with E-state index in [1.54, 1.807) is 37.3 Å². The fraction of sp³-hybridized carbons (Fsp3) is 0.542. The minimum Gasteiger partial charge on any atom is -0.481 e. The first-order chi connectivity index (χ1) is 16.5. The maximum atomic E-state index is 13.4. The minimum absolute atomic E-state index is 0.0929. The molecule has 0 bridgehead atoms. The third-order valence-electron chi connectivity index (χ3n) is 6.24. The molecule has 3 amide bonds. The molecule has 1 aromatic rings. The molecule has 0 saturated carbocycles. The van der Waals surface area contributed by atoms with Gasteiger partial charge in [-0.05, 0) is 24.3 Å². The lowest BCUT2D eigenvalue weighted by Gasteiger charge is -2.32. The van der Waals surface area contributed by atoms with Gasteiger partial charge in [0, 0.05) is 13.0 Å². The second kappa shape index (κ2) is 12.8. The predicted molar refractivity (Wildman–Crippen MR) is 126 cm³/mol. The molecule has 1 saturated heterocycles. The van der Waals surface area contributed by atoms with Crippen molar-refractivity contribution in [2.75, 3.05) is 6.54 Å². The van der Waals surface area contributed by atoms with Crippen molar-refractivity contribution in [1.82, 2.24) is 15.5 Å². The Balaban J connectivity index is 2.14. The zero-order valence-corrected chi connectivity index (χ0v) is 20.0. The van der Waals surface area contributed by atoms with Gasteiger partial charge in [0.15, 0.2) is 0 Å². The van der Waals surface area contributed by atoms with Crippen LogP contribution < -0.4 is 16.4 Å². The SMILES string of the molecule is CC[C@H](C)[C@H](NC(=O)[C@@H](N)CC(=O)O)C(=O)N1CCC[C@H]1C(=O)N[C@@H](Cc1ccccc1)C(=O)O. The smallest absolute Gasteiger partial charge is 0.326 e. The number of nitrogens with zero attached hydrogens (tertiary/aromatic N) is 1. The van der Waals surface area contributed by atoms with Crippen molar-refractivity contribution in [2.45, 2.75) is 70.1 Å². The summed E-state index contributed by atoms with van der Waals surface area (Å²) in [6.07, 6.45) is 0.943. The van der Waals surface area contributed by atoms with E-state index < -0.39 is 60.2 Å². The van der Waals surface area contributed by atoms with Crippen LogP contribution in [0, 0.1) is 5.92 Å². The Hall–Kier alpha value is -3.47. The van der Waals surface area contributed by atoms with Gasteiger partial charge in [-0.3, -0.25) is 19.2 Å². The van der Waals surface area contributed by atoms with E-state index >= 15 is 0 Å². The van der Waals surface area contributed by atoms with Gasteiger partial charge in [-0.25, -0.2) is 4.79 Å². The number of hydrogen-bond acceptors (Lipinski definition) is 6. The van der Waals surface area contributed by atoms with Gasteiger partial charge in [-0.1, -0.05) is 50.6 Å². The van der Waals surface area contributed by atoms with Gasteiger partial charge in [0.25, 0.3) is 0 Å². The summed E-state index contributed by atoms with van der Waals surface area (Å²) in [4.78, 5) is 62.9. The summed E-state index contributed by atoms with van der Waals surface area (Å²) >= 11 is 0. The second-order valence-corrected chi connectivity index (χ2v) is 8.85. The summed E-state index contributed by atoms with van der Waals surface area (Å²) in [5.41, 5.74) is 6.39. The Labute approximate surface area is 204 Å². The highest BCUT2D eigenvalue weighted by atomic mass is 16.4. The van der Waals surface area contributed by atoms with Crippen LogP contribution in [-0.4, -0.2) is 75.5 Å². The molecule has 6 N–H and O–H groups in total. The number of likely N-dealkylation sites (tertiary alicyclic amines) is 1. The van der Waals surface area contributed by atoms with Crippen molar-refractivity contribution < 1.29 is 34.2 Å². The Kier molecular flexibility index (Phi) is 10.2. The number of benzene rings is 1. The normalized spacial score (nSPS) is 18.7. The van der Waals surface area contributed by atoms with Gasteiger partial charge in [0.1, 0.15) is 18.1 Å². The molecular weight excluding hydrogens is 456 g/mol. The number of carboxylic acid groups (broad SMARTS) is 2. The first-order valence-electron chi connectivity index (χ1n) is 11.7. The number of rotatable bonds is 12. The summed E-state index contributed by atoms with van der Waals surface area (Å²) in [5, 5.41) is 23.6. The summed E-state index contributed by atoms with van der Waals surface area (Å²) < 4.78 is 0. The van der Waals surface area contributed by atoms with E-state index in [0.717, 1.165) is 5.56 Å². The summed E-state index contributed by atoms with van der Waals surface area (Å²) in [5.74, 6) is -4.55. The molecule has 1 aliphatic heterocycles. The van der Waals surface area contributed by atoms with Crippen LogP contribution in [0.3, 0.4) is 0 Å². The molecule has 35 heavy (non-hydrogen) atoms. The quantitative estimate of drug-likeness (QED) is 0.274. The Morgan fingerprint density at radius 2 is 1.77 bits per heavy atom. The molecule has 1 aromatic carbocycles. The van der Waals surface area contributed by atoms with Gasteiger partial charge in [0.05, 0.1) is 12.5 Å². The standard InChI is InChI=1S/C24H34N4O7/c1-3-14(2)20(27-21(31)16(25)13-19(29)30)23(33)28-11-7-10-18(28)22(32)26-17(24(34)35)12-15-8-5-4-6-9-15/h4-6,8-9,14,16-18,20H,3,7,10-13,25H2,1-2H3,(H,26,32)(H,27,31)(H,29,30)(H,34,35)/t14-,16-,17-,18-,20-/m0/s1. The number of carbonyl (C=O) groups is 5. The fourth-order valence-corrected chi connectivity index (χ4v) is 4.02. The molecule has 0 spiro atoms. The van der Waals surface area contributed by atoms with Crippen LogP contribution in [-0.2, 0) is 30.4 Å². The highest BCUT2D eigenvalue weighted by Gasteiger charge is 2.40. The van der Waals surface area contributed by atoms with Crippen molar-refractivity contribution in [2.24, 2.45) is 11.7 Å². The van der Waals surface area contributed by atoms with Crippen molar-refractivity contribution in [3.63, 3.8) is 0 Å². The largest absolute Gasteiger partial charge is 0.481 e. The highest BCUT2D eigenvalue weighted by Crippen LogP contribution is 2.22. The number of carbonyl (C=O) groups excluding carboxylic acids is 3. The van der Waals surface area contributed by atoms with Gasteiger partial charge in [-0.15, -0.1) is 0 Å². The number of carboxylic acids is 2. The predicted octanol–water partition coefficient (Wildman–Crippen LogP) is 0.122. The molecule has 1 heterocycles. The number of hydrogen-bond donors (Lipinski definition) is 5. The molecule has 0 aliphatic carbocycles. The average molecular weight is 491 g/mol. The molecular formula is C24H34N4O7. The zero-order valence-electron chi connectivity index (χ0n) is 20.0. The van der Waals surface area contributed by atoms with E-state index in [-0.39, 0.29) is 18.9 Å². The van der Waals surface area contributed by atoms with E-state index in [1.165, 1.54) is 4.90 Å². The molecule has 192 valence electrons. The number of aliphatic carboxylic acids is 2. The van der Waals surface area contributed by atoms with Gasteiger partial charge >= 0.3 is 11.9 Å².